The molecule has 0 aromatic carbocycles. The molecule has 5 nitrogen and oxygen atoms in total. The number of piperazine rings is 1. The van der Waals surface area contributed by atoms with Gasteiger partial charge in [-0.3, -0.25) is 4.79 Å². The van der Waals surface area contributed by atoms with Crippen LogP contribution in [-0.2, 0) is 15.7 Å². The van der Waals surface area contributed by atoms with Crippen LogP contribution < -0.4 is 4.90 Å². The van der Waals surface area contributed by atoms with Gasteiger partial charge in [-0.2, -0.15) is 13.2 Å². The fourth-order valence-corrected chi connectivity index (χ4v) is 3.22. The minimum absolute atomic E-state index is 0.0152. The molecule has 2 fully saturated rings. The van der Waals surface area contributed by atoms with Crippen LogP contribution in [0.3, 0.4) is 0 Å². The number of anilines is 1. The van der Waals surface area contributed by atoms with Crippen molar-refractivity contribution in [1.29, 1.82) is 0 Å². The molecule has 0 aliphatic carbocycles. The number of amides is 1. The van der Waals surface area contributed by atoms with Gasteiger partial charge in [0.05, 0.1) is 10.6 Å². The van der Waals surface area contributed by atoms with Crippen molar-refractivity contribution < 1.29 is 22.7 Å². The molecule has 24 heavy (non-hydrogen) atoms. The van der Waals surface area contributed by atoms with E-state index in [1.54, 1.807) is 9.80 Å². The number of carbonyl (C=O) groups is 1. The summed E-state index contributed by atoms with van der Waals surface area (Å²) in [6.07, 6.45) is -2.41. The zero-order valence-electron chi connectivity index (χ0n) is 12.9. The Morgan fingerprint density at radius 3 is 2.54 bits per heavy atom. The lowest BCUT2D eigenvalue weighted by Crippen LogP contribution is -2.51. The lowest BCUT2D eigenvalue weighted by molar-refractivity contribution is -0.141. The Kier molecular flexibility index (Phi) is 4.87. The van der Waals surface area contributed by atoms with Crippen molar-refractivity contribution in [3.8, 4) is 0 Å². The second-order valence-electron chi connectivity index (χ2n) is 5.84. The van der Waals surface area contributed by atoms with E-state index in [-0.39, 0.29) is 17.0 Å². The monoisotopic (exact) mass is 363 g/mol. The molecule has 3 heterocycles. The van der Waals surface area contributed by atoms with Gasteiger partial charge in [-0.1, -0.05) is 11.6 Å². The van der Waals surface area contributed by atoms with E-state index in [4.69, 9.17) is 16.3 Å². The summed E-state index contributed by atoms with van der Waals surface area (Å²) in [4.78, 5) is 19.7. The Morgan fingerprint density at radius 2 is 2.00 bits per heavy atom. The molecule has 0 bridgehead atoms. The molecule has 0 N–H and O–H groups in total. The van der Waals surface area contributed by atoms with E-state index in [1.165, 1.54) is 0 Å². The highest BCUT2D eigenvalue weighted by Crippen LogP contribution is 2.33. The first-order valence-corrected chi connectivity index (χ1v) is 8.12. The third kappa shape index (κ3) is 3.59. The summed E-state index contributed by atoms with van der Waals surface area (Å²) in [7, 11) is 0. The maximum atomic E-state index is 12.7. The van der Waals surface area contributed by atoms with Gasteiger partial charge in [-0.15, -0.1) is 0 Å². The predicted octanol–water partition coefficient (Wildman–Crippen LogP) is 2.58. The van der Waals surface area contributed by atoms with Crippen LogP contribution in [-0.4, -0.2) is 54.7 Å². The number of aromatic nitrogens is 1. The van der Waals surface area contributed by atoms with Crippen molar-refractivity contribution >= 4 is 23.3 Å². The normalized spacial score (nSPS) is 22.1. The molecular formula is C15H17ClF3N3O2. The summed E-state index contributed by atoms with van der Waals surface area (Å²) >= 11 is 5.97. The molecule has 2 aliphatic rings. The van der Waals surface area contributed by atoms with E-state index < -0.39 is 11.7 Å². The van der Waals surface area contributed by atoms with Gasteiger partial charge in [-0.05, 0) is 18.9 Å². The van der Waals surface area contributed by atoms with Gasteiger partial charge in [0.2, 0.25) is 0 Å². The SMILES string of the molecule is O=C(C1CCCO1)N1CCN(c2ncc(C(F)(F)F)cc2Cl)CC1. The number of pyridine rings is 1. The second kappa shape index (κ2) is 6.76. The maximum Gasteiger partial charge on any atom is 0.417 e. The minimum atomic E-state index is -4.47. The van der Waals surface area contributed by atoms with Crippen LogP contribution in [0.4, 0.5) is 19.0 Å². The van der Waals surface area contributed by atoms with Crippen LogP contribution >= 0.6 is 11.6 Å². The van der Waals surface area contributed by atoms with E-state index >= 15 is 0 Å². The molecule has 0 radical (unpaired) electrons. The standard InChI is InChI=1S/C15H17ClF3N3O2/c16-11-8-10(15(17,18)19)9-20-13(11)21-3-5-22(6-4-21)14(23)12-2-1-7-24-12/h8-9,12H,1-7H2. The summed E-state index contributed by atoms with van der Waals surface area (Å²) in [5.74, 6) is 0.299. The number of hydrogen-bond acceptors (Lipinski definition) is 4. The molecule has 1 amide bonds. The average Bonchev–Trinajstić information content (AvgIpc) is 3.08. The fraction of sp³-hybridized carbons (Fsp3) is 0.600. The molecule has 1 aromatic heterocycles. The van der Waals surface area contributed by atoms with Gasteiger partial charge in [0.25, 0.3) is 5.91 Å². The van der Waals surface area contributed by atoms with Crippen LogP contribution in [0.25, 0.3) is 0 Å². The van der Waals surface area contributed by atoms with Crippen LogP contribution in [0.15, 0.2) is 12.3 Å². The number of nitrogens with zero attached hydrogens (tertiary/aromatic N) is 3. The highest BCUT2D eigenvalue weighted by Gasteiger charge is 2.33. The van der Waals surface area contributed by atoms with E-state index in [0.717, 1.165) is 25.1 Å². The van der Waals surface area contributed by atoms with E-state index in [9.17, 15) is 18.0 Å². The Morgan fingerprint density at radius 1 is 1.29 bits per heavy atom. The molecule has 9 heteroatoms. The maximum absolute atomic E-state index is 12.7. The summed E-state index contributed by atoms with van der Waals surface area (Å²) in [6.45, 7) is 2.49. The molecule has 132 valence electrons. The Balaban J connectivity index is 1.63. The van der Waals surface area contributed by atoms with Crippen LogP contribution in [0, 0.1) is 0 Å². The molecule has 1 unspecified atom stereocenters. The average molecular weight is 364 g/mol. The van der Waals surface area contributed by atoms with Crippen LogP contribution in [0.1, 0.15) is 18.4 Å². The van der Waals surface area contributed by atoms with Gasteiger partial charge < -0.3 is 14.5 Å². The quantitative estimate of drug-likeness (QED) is 0.810. The third-order valence-corrected chi connectivity index (χ3v) is 4.52. The number of ether oxygens (including phenoxy) is 1. The van der Waals surface area contributed by atoms with Crippen molar-refractivity contribution in [2.24, 2.45) is 0 Å². The fourth-order valence-electron chi connectivity index (χ4n) is 2.93. The zero-order valence-corrected chi connectivity index (χ0v) is 13.6. The van der Waals surface area contributed by atoms with Gasteiger partial charge in [0.15, 0.2) is 0 Å². The van der Waals surface area contributed by atoms with Crippen molar-refractivity contribution in [2.75, 3.05) is 37.7 Å². The molecule has 0 spiro atoms. The van der Waals surface area contributed by atoms with Gasteiger partial charge in [0, 0.05) is 39.0 Å². The van der Waals surface area contributed by atoms with E-state index in [1.807, 2.05) is 0 Å². The summed E-state index contributed by atoms with van der Waals surface area (Å²) in [5.41, 5.74) is -0.872. The lowest BCUT2D eigenvalue weighted by atomic mass is 10.2. The Labute approximate surface area is 142 Å². The highest BCUT2D eigenvalue weighted by atomic mass is 35.5. The van der Waals surface area contributed by atoms with E-state index in [2.05, 4.69) is 4.98 Å². The smallest absolute Gasteiger partial charge is 0.368 e. The number of carbonyl (C=O) groups excluding carboxylic acids is 1. The van der Waals surface area contributed by atoms with Crippen LogP contribution in [0.2, 0.25) is 5.02 Å². The van der Waals surface area contributed by atoms with Crippen molar-refractivity contribution in [2.45, 2.75) is 25.1 Å². The van der Waals surface area contributed by atoms with Gasteiger partial charge in [0.1, 0.15) is 11.9 Å². The number of alkyl halides is 3. The molecule has 3 rings (SSSR count). The highest BCUT2D eigenvalue weighted by molar-refractivity contribution is 6.33. The molecule has 2 aliphatic heterocycles. The largest absolute Gasteiger partial charge is 0.417 e. The topological polar surface area (TPSA) is 45.7 Å². The van der Waals surface area contributed by atoms with E-state index in [0.29, 0.717) is 38.6 Å². The molecular weight excluding hydrogens is 347 g/mol. The van der Waals surface area contributed by atoms with Crippen molar-refractivity contribution in [3.63, 3.8) is 0 Å². The van der Waals surface area contributed by atoms with Gasteiger partial charge >= 0.3 is 6.18 Å². The third-order valence-electron chi connectivity index (χ3n) is 4.25. The predicted molar refractivity (Wildman–Crippen MR) is 82.0 cm³/mol. The second-order valence-corrected chi connectivity index (χ2v) is 6.25. The van der Waals surface area contributed by atoms with Crippen LogP contribution in [0.5, 0.6) is 0 Å². The number of rotatable bonds is 2. The molecule has 1 aromatic rings. The van der Waals surface area contributed by atoms with Crippen molar-refractivity contribution in [3.05, 3.63) is 22.8 Å². The summed E-state index contributed by atoms with van der Waals surface area (Å²) in [5, 5.41) is -0.0382. The minimum Gasteiger partial charge on any atom is -0.368 e. The van der Waals surface area contributed by atoms with Gasteiger partial charge in [-0.25, -0.2) is 4.98 Å². The van der Waals surface area contributed by atoms with Crippen molar-refractivity contribution in [1.82, 2.24) is 9.88 Å². The molecule has 1 atom stereocenters. The summed E-state index contributed by atoms with van der Waals surface area (Å²) in [6, 6.07) is 0.883. The molecule has 0 saturated carbocycles. The Bertz CT molecular complexity index is 612. The lowest BCUT2D eigenvalue weighted by Gasteiger charge is -2.36. The first-order chi connectivity index (χ1) is 11.4. The Hall–Kier alpha value is -1.54. The first kappa shape index (κ1) is 17.3. The summed E-state index contributed by atoms with van der Waals surface area (Å²) < 4.78 is 43.4. The zero-order chi connectivity index (χ0) is 17.3. The number of halogens is 4. The molecule has 2 saturated heterocycles. The first-order valence-electron chi connectivity index (χ1n) is 7.74. The number of hydrogen-bond donors (Lipinski definition) is 0.